The number of nitrogen functional groups attached to an aromatic ring is 1. The van der Waals surface area contributed by atoms with Crippen LogP contribution in [0, 0.1) is 10.8 Å². The predicted molar refractivity (Wildman–Crippen MR) is 144 cm³/mol. The number of nitrogens with two attached hydrogens (primary N) is 1. The van der Waals surface area contributed by atoms with E-state index in [9.17, 15) is 9.90 Å². The van der Waals surface area contributed by atoms with E-state index in [1.807, 2.05) is 65.6 Å². The summed E-state index contributed by atoms with van der Waals surface area (Å²) in [6, 6.07) is 18.7. The van der Waals surface area contributed by atoms with Crippen molar-refractivity contribution in [1.82, 2.24) is 4.90 Å². The SMILES string of the molecule is CC(=N)N1CC[C@H](Oc2ccc(C(Cc3ccc4ccc(C(=N)N)cc4c3)C(=O)O)cc2)C1.Cl.Cl. The zero-order valence-corrected chi connectivity index (χ0v) is 21.0. The Labute approximate surface area is 217 Å². The molecular weight excluding hydrogens is 487 g/mol. The number of ether oxygens (including phenoxy) is 1. The monoisotopic (exact) mass is 516 g/mol. The van der Waals surface area contributed by atoms with E-state index in [0.717, 1.165) is 34.9 Å². The Hall–Kier alpha value is -3.29. The Balaban J connectivity index is 0.00000216. The molecule has 1 aliphatic rings. The molecule has 7 nitrogen and oxygen atoms in total. The maximum absolute atomic E-state index is 12.1. The van der Waals surface area contributed by atoms with Crippen LogP contribution in [0.3, 0.4) is 0 Å². The van der Waals surface area contributed by atoms with Gasteiger partial charge in [-0.15, -0.1) is 24.8 Å². The van der Waals surface area contributed by atoms with Gasteiger partial charge in [0.1, 0.15) is 17.7 Å². The molecule has 3 aromatic carbocycles. The second-order valence-corrected chi connectivity index (χ2v) is 8.53. The van der Waals surface area contributed by atoms with Crippen molar-refractivity contribution in [1.29, 1.82) is 10.8 Å². The molecule has 4 rings (SSSR count). The number of nitrogens with zero attached hydrogens (tertiary/aromatic N) is 1. The van der Waals surface area contributed by atoms with E-state index in [-0.39, 0.29) is 36.8 Å². The Morgan fingerprint density at radius 3 is 2.37 bits per heavy atom. The fraction of sp³-hybridized carbons (Fsp3) is 0.269. The standard InChI is InChI=1S/C26H28N4O3.2ClH/c1-16(27)30-11-10-23(15-30)33-22-8-6-19(7-9-22)24(26(31)32)13-17-2-3-18-4-5-20(25(28)29)14-21(18)12-17;;/h2-9,12,14,23-24,27H,10-11,13,15H2,1H3,(H3,28,29)(H,31,32);2*1H/t23-,24?;;/m0../s1. The van der Waals surface area contributed by atoms with Gasteiger partial charge in [-0.05, 0) is 53.4 Å². The number of hydrogen-bond donors (Lipinski definition) is 4. The molecule has 2 atom stereocenters. The van der Waals surface area contributed by atoms with E-state index in [4.69, 9.17) is 21.3 Å². The summed E-state index contributed by atoms with van der Waals surface area (Å²) in [7, 11) is 0. The number of benzene rings is 3. The minimum atomic E-state index is -0.880. The van der Waals surface area contributed by atoms with Crippen LogP contribution in [-0.2, 0) is 11.2 Å². The topological polar surface area (TPSA) is 123 Å². The highest BCUT2D eigenvalue weighted by molar-refractivity contribution is 5.99. The Kier molecular flexibility index (Phi) is 9.51. The van der Waals surface area contributed by atoms with Gasteiger partial charge in [-0.2, -0.15) is 0 Å². The Morgan fingerprint density at radius 2 is 1.77 bits per heavy atom. The summed E-state index contributed by atoms with van der Waals surface area (Å²) in [5.74, 6) is -0.303. The van der Waals surface area contributed by atoms with Gasteiger partial charge < -0.3 is 20.5 Å². The quantitative estimate of drug-likeness (QED) is 0.264. The highest BCUT2D eigenvalue weighted by atomic mass is 35.5. The number of likely N-dealkylation sites (tertiary alicyclic amines) is 1. The summed E-state index contributed by atoms with van der Waals surface area (Å²) in [6.07, 6.45) is 1.25. The van der Waals surface area contributed by atoms with Gasteiger partial charge >= 0.3 is 5.97 Å². The Morgan fingerprint density at radius 1 is 1.09 bits per heavy atom. The summed E-state index contributed by atoms with van der Waals surface area (Å²) in [4.78, 5) is 14.1. The van der Waals surface area contributed by atoms with Crippen LogP contribution in [0.2, 0.25) is 0 Å². The zero-order chi connectivity index (χ0) is 23.5. The van der Waals surface area contributed by atoms with Crippen LogP contribution >= 0.6 is 24.8 Å². The molecule has 1 aliphatic heterocycles. The molecule has 1 fully saturated rings. The van der Waals surface area contributed by atoms with E-state index in [1.165, 1.54) is 0 Å². The molecule has 0 aliphatic carbocycles. The van der Waals surface area contributed by atoms with Crippen molar-refractivity contribution in [2.24, 2.45) is 5.73 Å². The average Bonchev–Trinajstić information content (AvgIpc) is 3.26. The van der Waals surface area contributed by atoms with E-state index < -0.39 is 11.9 Å². The maximum Gasteiger partial charge on any atom is 0.311 e. The third-order valence-electron chi connectivity index (χ3n) is 6.16. The highest BCUT2D eigenvalue weighted by Gasteiger charge is 2.25. The summed E-state index contributed by atoms with van der Waals surface area (Å²) >= 11 is 0. The van der Waals surface area contributed by atoms with Gasteiger partial charge in [-0.3, -0.25) is 15.6 Å². The van der Waals surface area contributed by atoms with E-state index in [1.54, 1.807) is 6.92 Å². The molecule has 0 aromatic heterocycles. The summed E-state index contributed by atoms with van der Waals surface area (Å²) in [5.41, 5.74) is 7.88. The van der Waals surface area contributed by atoms with Crippen molar-refractivity contribution in [3.05, 3.63) is 77.4 Å². The Bertz CT molecular complexity index is 1220. The number of carboxylic acid groups (broad SMARTS) is 1. The van der Waals surface area contributed by atoms with Crippen LogP contribution in [0.5, 0.6) is 5.75 Å². The van der Waals surface area contributed by atoms with E-state index >= 15 is 0 Å². The van der Waals surface area contributed by atoms with Crippen molar-refractivity contribution in [3.8, 4) is 5.75 Å². The first-order chi connectivity index (χ1) is 15.8. The highest BCUT2D eigenvalue weighted by Crippen LogP contribution is 2.27. The number of nitrogens with one attached hydrogen (secondary N) is 2. The number of fused-ring (bicyclic) bond motifs is 1. The lowest BCUT2D eigenvalue weighted by atomic mass is 9.91. The molecule has 3 aromatic rings. The molecule has 35 heavy (non-hydrogen) atoms. The van der Waals surface area contributed by atoms with Gasteiger partial charge in [0.15, 0.2) is 0 Å². The first-order valence-corrected chi connectivity index (χ1v) is 11.0. The van der Waals surface area contributed by atoms with Crippen LogP contribution in [0.4, 0.5) is 0 Å². The fourth-order valence-corrected chi connectivity index (χ4v) is 4.27. The van der Waals surface area contributed by atoms with Gasteiger partial charge in [0.2, 0.25) is 0 Å². The molecule has 0 radical (unpaired) electrons. The number of rotatable bonds is 7. The van der Waals surface area contributed by atoms with Gasteiger partial charge in [0.05, 0.1) is 18.3 Å². The summed E-state index contributed by atoms with van der Waals surface area (Å²) in [6.45, 7) is 3.29. The molecule has 0 saturated carbocycles. The molecule has 5 N–H and O–H groups in total. The molecule has 0 spiro atoms. The smallest absolute Gasteiger partial charge is 0.311 e. The number of hydrogen-bond acceptors (Lipinski definition) is 4. The lowest BCUT2D eigenvalue weighted by Gasteiger charge is -2.18. The summed E-state index contributed by atoms with van der Waals surface area (Å²) in [5, 5.41) is 27.2. The molecule has 0 bridgehead atoms. The van der Waals surface area contributed by atoms with Crippen LogP contribution < -0.4 is 10.5 Å². The molecule has 1 heterocycles. The lowest BCUT2D eigenvalue weighted by Crippen LogP contribution is -2.28. The maximum atomic E-state index is 12.1. The van der Waals surface area contributed by atoms with Crippen molar-refractivity contribution < 1.29 is 14.6 Å². The molecule has 1 unspecified atom stereocenters. The van der Waals surface area contributed by atoms with Crippen molar-refractivity contribution >= 4 is 53.2 Å². The first kappa shape index (κ1) is 28.0. The molecule has 9 heteroatoms. The largest absolute Gasteiger partial charge is 0.489 e. The molecule has 0 amide bonds. The van der Waals surface area contributed by atoms with Crippen LogP contribution in [-0.4, -0.2) is 46.8 Å². The molecular formula is C26H30Cl2N4O3. The van der Waals surface area contributed by atoms with Crippen LogP contribution in [0.1, 0.15) is 36.0 Å². The van der Waals surface area contributed by atoms with Crippen molar-refractivity contribution in [2.45, 2.75) is 31.8 Å². The number of halogens is 2. The second kappa shape index (κ2) is 11.9. The van der Waals surface area contributed by atoms with Gasteiger partial charge in [0.25, 0.3) is 0 Å². The lowest BCUT2D eigenvalue weighted by molar-refractivity contribution is -0.138. The number of carbonyl (C=O) groups is 1. The minimum Gasteiger partial charge on any atom is -0.489 e. The number of amidine groups is 2. The van der Waals surface area contributed by atoms with E-state index in [2.05, 4.69) is 0 Å². The number of aliphatic carboxylic acids is 1. The van der Waals surface area contributed by atoms with Crippen LogP contribution in [0.15, 0.2) is 60.7 Å². The van der Waals surface area contributed by atoms with Crippen molar-refractivity contribution in [2.75, 3.05) is 13.1 Å². The zero-order valence-electron chi connectivity index (χ0n) is 19.4. The fourth-order valence-electron chi connectivity index (χ4n) is 4.27. The third-order valence-corrected chi connectivity index (χ3v) is 6.16. The summed E-state index contributed by atoms with van der Waals surface area (Å²) < 4.78 is 6.03. The van der Waals surface area contributed by atoms with Crippen LogP contribution in [0.25, 0.3) is 10.8 Å². The number of carboxylic acids is 1. The average molecular weight is 517 g/mol. The normalized spacial score (nSPS) is 15.6. The third kappa shape index (κ3) is 6.65. The minimum absolute atomic E-state index is 0. The van der Waals surface area contributed by atoms with Gasteiger partial charge in [-0.25, -0.2) is 0 Å². The van der Waals surface area contributed by atoms with E-state index in [0.29, 0.717) is 30.1 Å². The first-order valence-electron chi connectivity index (χ1n) is 11.0. The van der Waals surface area contributed by atoms with Crippen molar-refractivity contribution in [3.63, 3.8) is 0 Å². The molecule has 186 valence electrons. The second-order valence-electron chi connectivity index (χ2n) is 8.53. The predicted octanol–water partition coefficient (Wildman–Crippen LogP) is 4.83. The van der Waals surface area contributed by atoms with Gasteiger partial charge in [-0.1, -0.05) is 42.5 Å². The molecule has 1 saturated heterocycles. The van der Waals surface area contributed by atoms with Gasteiger partial charge in [0, 0.05) is 18.5 Å².